The summed E-state index contributed by atoms with van der Waals surface area (Å²) < 4.78 is 44.2. The van der Waals surface area contributed by atoms with Gasteiger partial charge in [-0.15, -0.1) is 0 Å². The van der Waals surface area contributed by atoms with Crippen LogP contribution in [0.15, 0.2) is 28.7 Å². The second kappa shape index (κ2) is 5.94. The van der Waals surface area contributed by atoms with Crippen LogP contribution in [0.3, 0.4) is 0 Å². The maximum absolute atomic E-state index is 12.9. The van der Waals surface area contributed by atoms with E-state index in [1.807, 2.05) is 29.4 Å². The van der Waals surface area contributed by atoms with E-state index in [9.17, 15) is 18.0 Å². The predicted octanol–water partition coefficient (Wildman–Crippen LogP) is 4.06. The van der Waals surface area contributed by atoms with Gasteiger partial charge in [-0.25, -0.2) is 0 Å². The number of halogens is 3. The zero-order chi connectivity index (χ0) is 18.4. The Bertz CT molecular complexity index is 940. The molecule has 0 radical (unpaired) electrons. The first-order valence-electron chi connectivity index (χ1n) is 7.54. The molecular weight excluding hydrogens is 335 g/mol. The highest BCUT2D eigenvalue weighted by Crippen LogP contribution is 2.32. The summed E-state index contributed by atoms with van der Waals surface area (Å²) in [5.41, 5.74) is 0.0643. The Balaban J connectivity index is 1.89. The van der Waals surface area contributed by atoms with Crippen molar-refractivity contribution in [2.75, 3.05) is 7.05 Å². The van der Waals surface area contributed by atoms with Gasteiger partial charge >= 0.3 is 6.18 Å². The van der Waals surface area contributed by atoms with Crippen LogP contribution in [0, 0.1) is 13.8 Å². The smallest absolute Gasteiger partial charge is 0.433 e. The molecular formula is C17H16F3N3O2. The number of nitrogens with one attached hydrogen (secondary N) is 1. The number of rotatable bonds is 3. The molecule has 8 heteroatoms. The maximum atomic E-state index is 12.9. The number of amides is 1. The van der Waals surface area contributed by atoms with Crippen molar-refractivity contribution in [1.29, 1.82) is 0 Å². The fraction of sp³-hybridized carbons (Fsp3) is 0.294. The number of aromatic amines is 1. The molecule has 1 aromatic carbocycles. The van der Waals surface area contributed by atoms with Crippen LogP contribution in [-0.4, -0.2) is 28.1 Å². The molecule has 0 atom stereocenters. The van der Waals surface area contributed by atoms with E-state index in [-0.39, 0.29) is 17.8 Å². The van der Waals surface area contributed by atoms with Crippen LogP contribution >= 0.6 is 0 Å². The van der Waals surface area contributed by atoms with Crippen molar-refractivity contribution in [1.82, 2.24) is 15.1 Å². The SMILES string of the molecule is Cc1oc2ccccc2c1CN(C)C(=O)c1n[nH]c(C(F)(F)F)c1C. The van der Waals surface area contributed by atoms with Gasteiger partial charge in [0.2, 0.25) is 0 Å². The molecule has 3 rings (SSSR count). The minimum absolute atomic E-state index is 0.204. The van der Waals surface area contributed by atoms with E-state index in [0.29, 0.717) is 11.3 Å². The Morgan fingerprint density at radius 3 is 2.60 bits per heavy atom. The van der Waals surface area contributed by atoms with Gasteiger partial charge in [-0.3, -0.25) is 9.89 Å². The first kappa shape index (κ1) is 17.1. The minimum Gasteiger partial charge on any atom is -0.461 e. The molecule has 0 saturated carbocycles. The molecule has 5 nitrogen and oxygen atoms in total. The van der Waals surface area contributed by atoms with Crippen LogP contribution in [0.5, 0.6) is 0 Å². The molecule has 0 aliphatic rings. The molecule has 0 bridgehead atoms. The summed E-state index contributed by atoms with van der Waals surface area (Å²) in [6, 6.07) is 7.40. The molecule has 1 N–H and O–H groups in total. The number of carbonyl (C=O) groups is 1. The number of carbonyl (C=O) groups excluding carboxylic acids is 1. The highest BCUT2D eigenvalue weighted by atomic mass is 19.4. The Kier molecular flexibility index (Phi) is 4.06. The van der Waals surface area contributed by atoms with Crippen molar-refractivity contribution in [3.05, 3.63) is 52.5 Å². The molecule has 0 fully saturated rings. The zero-order valence-electron chi connectivity index (χ0n) is 13.9. The summed E-state index contributed by atoms with van der Waals surface area (Å²) in [6.45, 7) is 3.22. The maximum Gasteiger partial charge on any atom is 0.433 e. The third kappa shape index (κ3) is 2.99. The van der Waals surface area contributed by atoms with E-state index in [2.05, 4.69) is 5.10 Å². The second-order valence-electron chi connectivity index (χ2n) is 5.86. The van der Waals surface area contributed by atoms with Crippen LogP contribution in [0.2, 0.25) is 0 Å². The zero-order valence-corrected chi connectivity index (χ0v) is 13.9. The van der Waals surface area contributed by atoms with Gasteiger partial charge in [0.1, 0.15) is 17.0 Å². The molecule has 2 aromatic heterocycles. The Labute approximate surface area is 141 Å². The first-order valence-corrected chi connectivity index (χ1v) is 7.54. The Morgan fingerprint density at radius 1 is 1.28 bits per heavy atom. The van der Waals surface area contributed by atoms with Gasteiger partial charge in [0.25, 0.3) is 5.91 Å². The van der Waals surface area contributed by atoms with Crippen LogP contribution < -0.4 is 0 Å². The van der Waals surface area contributed by atoms with Crippen LogP contribution in [0.4, 0.5) is 13.2 Å². The van der Waals surface area contributed by atoms with E-state index < -0.39 is 17.8 Å². The molecule has 0 aliphatic carbocycles. The molecule has 0 aliphatic heterocycles. The van der Waals surface area contributed by atoms with Gasteiger partial charge in [-0.2, -0.15) is 18.3 Å². The molecule has 132 valence electrons. The average molecular weight is 351 g/mol. The number of hydrogen-bond acceptors (Lipinski definition) is 3. The normalized spacial score (nSPS) is 11.9. The van der Waals surface area contributed by atoms with Crippen LogP contribution in [0.1, 0.15) is 33.1 Å². The number of para-hydroxylation sites is 1. The van der Waals surface area contributed by atoms with E-state index >= 15 is 0 Å². The summed E-state index contributed by atoms with van der Waals surface area (Å²) in [6.07, 6.45) is -4.58. The third-order valence-corrected chi connectivity index (χ3v) is 4.14. The van der Waals surface area contributed by atoms with E-state index in [4.69, 9.17) is 4.42 Å². The fourth-order valence-electron chi connectivity index (χ4n) is 2.79. The summed E-state index contributed by atoms with van der Waals surface area (Å²) in [4.78, 5) is 13.9. The van der Waals surface area contributed by atoms with Crippen LogP contribution in [-0.2, 0) is 12.7 Å². The minimum atomic E-state index is -4.58. The molecule has 0 unspecified atom stereocenters. The molecule has 25 heavy (non-hydrogen) atoms. The van der Waals surface area contributed by atoms with E-state index in [1.54, 1.807) is 6.92 Å². The molecule has 0 saturated heterocycles. The van der Waals surface area contributed by atoms with Crippen molar-refractivity contribution < 1.29 is 22.4 Å². The number of aromatic nitrogens is 2. The van der Waals surface area contributed by atoms with Crippen molar-refractivity contribution in [3.63, 3.8) is 0 Å². The number of furan rings is 1. The van der Waals surface area contributed by atoms with Gasteiger partial charge in [0.15, 0.2) is 5.69 Å². The van der Waals surface area contributed by atoms with Crippen molar-refractivity contribution in [2.24, 2.45) is 0 Å². The summed E-state index contributed by atoms with van der Waals surface area (Å²) in [7, 11) is 1.52. The largest absolute Gasteiger partial charge is 0.461 e. The number of H-pyrrole nitrogens is 1. The van der Waals surface area contributed by atoms with Crippen molar-refractivity contribution in [3.8, 4) is 0 Å². The third-order valence-electron chi connectivity index (χ3n) is 4.14. The predicted molar refractivity (Wildman–Crippen MR) is 85.1 cm³/mol. The molecule has 0 spiro atoms. The summed E-state index contributed by atoms with van der Waals surface area (Å²) in [5.74, 6) is 0.0736. The second-order valence-corrected chi connectivity index (χ2v) is 5.86. The summed E-state index contributed by atoms with van der Waals surface area (Å²) in [5, 5.41) is 6.34. The molecule has 2 heterocycles. The number of aryl methyl sites for hydroxylation is 1. The Morgan fingerprint density at radius 2 is 1.96 bits per heavy atom. The number of nitrogens with zero attached hydrogens (tertiary/aromatic N) is 2. The lowest BCUT2D eigenvalue weighted by Crippen LogP contribution is -2.27. The summed E-state index contributed by atoms with van der Waals surface area (Å²) >= 11 is 0. The highest BCUT2D eigenvalue weighted by Gasteiger charge is 2.37. The van der Waals surface area contributed by atoms with Gasteiger partial charge < -0.3 is 9.32 Å². The Hall–Kier alpha value is -2.77. The van der Waals surface area contributed by atoms with Gasteiger partial charge in [-0.05, 0) is 19.9 Å². The number of benzene rings is 1. The number of alkyl halides is 3. The van der Waals surface area contributed by atoms with E-state index in [0.717, 1.165) is 10.9 Å². The van der Waals surface area contributed by atoms with E-state index in [1.165, 1.54) is 18.9 Å². The van der Waals surface area contributed by atoms with Crippen molar-refractivity contribution in [2.45, 2.75) is 26.6 Å². The lowest BCUT2D eigenvalue weighted by molar-refractivity contribution is -0.141. The standard InChI is InChI=1S/C17H16F3N3O2/c1-9-14(21-22-15(9)17(18,19)20)16(24)23(3)8-12-10(2)25-13-7-5-4-6-11(12)13/h4-7H,8H2,1-3H3,(H,21,22). The average Bonchev–Trinajstić information content (AvgIpc) is 3.07. The molecule has 3 aromatic rings. The lowest BCUT2D eigenvalue weighted by atomic mass is 10.1. The topological polar surface area (TPSA) is 62.1 Å². The van der Waals surface area contributed by atoms with Crippen molar-refractivity contribution >= 4 is 16.9 Å². The number of hydrogen-bond donors (Lipinski definition) is 1. The van der Waals surface area contributed by atoms with Gasteiger partial charge in [0.05, 0.1) is 0 Å². The highest BCUT2D eigenvalue weighted by molar-refractivity contribution is 5.94. The van der Waals surface area contributed by atoms with Gasteiger partial charge in [-0.1, -0.05) is 18.2 Å². The fourth-order valence-corrected chi connectivity index (χ4v) is 2.79. The lowest BCUT2D eigenvalue weighted by Gasteiger charge is -2.16. The quantitative estimate of drug-likeness (QED) is 0.774. The monoisotopic (exact) mass is 351 g/mol. The van der Waals surface area contributed by atoms with Crippen LogP contribution in [0.25, 0.3) is 11.0 Å². The van der Waals surface area contributed by atoms with Gasteiger partial charge in [0, 0.05) is 30.1 Å². The first-order chi connectivity index (χ1) is 11.7. The number of fused-ring (bicyclic) bond motifs is 1. The molecule has 1 amide bonds.